The predicted molar refractivity (Wildman–Crippen MR) is 71.8 cm³/mol. The minimum atomic E-state index is -0.273. The van der Waals surface area contributed by atoms with E-state index >= 15 is 0 Å². The Morgan fingerprint density at radius 2 is 2.05 bits per heavy atom. The van der Waals surface area contributed by atoms with Crippen molar-refractivity contribution in [2.24, 2.45) is 0 Å². The molecule has 0 saturated heterocycles. The van der Waals surface area contributed by atoms with Gasteiger partial charge < -0.3 is 10.6 Å². The summed E-state index contributed by atoms with van der Waals surface area (Å²) in [7, 11) is 0. The van der Waals surface area contributed by atoms with Gasteiger partial charge in [0.25, 0.3) is 5.91 Å². The minimum absolute atomic E-state index is 0.210. The average molecular weight is 276 g/mol. The van der Waals surface area contributed by atoms with E-state index in [0.29, 0.717) is 17.4 Å². The van der Waals surface area contributed by atoms with Crippen molar-refractivity contribution in [2.75, 3.05) is 5.32 Å². The number of pyridine rings is 1. The van der Waals surface area contributed by atoms with Crippen LogP contribution < -0.4 is 10.6 Å². The summed E-state index contributed by atoms with van der Waals surface area (Å²) in [4.78, 5) is 30.6. The lowest BCUT2D eigenvalue weighted by atomic mass is 10.2. The van der Waals surface area contributed by atoms with E-state index in [1.165, 1.54) is 18.3 Å². The summed E-state index contributed by atoms with van der Waals surface area (Å²) in [6.45, 7) is 1.80. The molecule has 2 aromatic rings. The second-order valence-corrected chi connectivity index (χ2v) is 4.62. The molecule has 2 heterocycles. The fourth-order valence-electron chi connectivity index (χ4n) is 1.36. The van der Waals surface area contributed by atoms with Crippen molar-refractivity contribution in [3.05, 3.63) is 41.2 Å². The van der Waals surface area contributed by atoms with E-state index in [2.05, 4.69) is 20.6 Å². The van der Waals surface area contributed by atoms with Crippen LogP contribution in [0, 0.1) is 0 Å². The second kappa shape index (κ2) is 6.05. The second-order valence-electron chi connectivity index (χ2n) is 3.76. The van der Waals surface area contributed by atoms with Gasteiger partial charge in [-0.2, -0.15) is 0 Å². The maximum atomic E-state index is 11.8. The van der Waals surface area contributed by atoms with Crippen LogP contribution in [-0.4, -0.2) is 21.8 Å². The molecule has 0 saturated carbocycles. The van der Waals surface area contributed by atoms with E-state index in [1.54, 1.807) is 17.8 Å². The van der Waals surface area contributed by atoms with Crippen LogP contribution in [0.3, 0.4) is 0 Å². The summed E-state index contributed by atoms with van der Waals surface area (Å²) < 4.78 is 0. The largest absolute Gasteiger partial charge is 0.347 e. The third-order valence-corrected chi connectivity index (χ3v) is 2.98. The molecule has 0 bridgehead atoms. The van der Waals surface area contributed by atoms with E-state index in [0.717, 1.165) is 5.56 Å². The van der Waals surface area contributed by atoms with Gasteiger partial charge in [0.15, 0.2) is 5.13 Å². The first-order valence-electron chi connectivity index (χ1n) is 5.55. The number of hydrogen-bond acceptors (Lipinski definition) is 5. The molecule has 7 heteroatoms. The topological polar surface area (TPSA) is 84.0 Å². The molecule has 6 nitrogen and oxygen atoms in total. The Bertz CT molecular complexity index is 582. The van der Waals surface area contributed by atoms with Crippen LogP contribution in [0.1, 0.15) is 23.0 Å². The minimum Gasteiger partial charge on any atom is -0.347 e. The third-order valence-electron chi connectivity index (χ3n) is 2.22. The van der Waals surface area contributed by atoms with Crippen molar-refractivity contribution in [1.29, 1.82) is 0 Å². The molecular weight excluding hydrogens is 264 g/mol. The van der Waals surface area contributed by atoms with Crippen LogP contribution in [0.25, 0.3) is 0 Å². The van der Waals surface area contributed by atoms with Crippen LogP contribution in [0.4, 0.5) is 5.13 Å². The fraction of sp³-hybridized carbons (Fsp3) is 0.167. The first-order valence-corrected chi connectivity index (χ1v) is 6.43. The van der Waals surface area contributed by atoms with Gasteiger partial charge in [0, 0.05) is 31.2 Å². The predicted octanol–water partition coefficient (Wildman–Crippen LogP) is 1.43. The highest BCUT2D eigenvalue weighted by atomic mass is 32.1. The molecule has 2 rings (SSSR count). The summed E-state index contributed by atoms with van der Waals surface area (Å²) in [5.74, 6) is -0.484. The van der Waals surface area contributed by atoms with Gasteiger partial charge in [-0.1, -0.05) is 0 Å². The van der Waals surface area contributed by atoms with Crippen LogP contribution >= 0.6 is 11.3 Å². The molecule has 0 aliphatic carbocycles. The van der Waals surface area contributed by atoms with Gasteiger partial charge in [-0.3, -0.25) is 14.6 Å². The number of carbonyl (C=O) groups is 2. The van der Waals surface area contributed by atoms with Gasteiger partial charge in [0.05, 0.1) is 0 Å². The molecule has 0 aliphatic rings. The number of hydrogen-bond donors (Lipinski definition) is 2. The molecule has 0 aromatic carbocycles. The quantitative estimate of drug-likeness (QED) is 0.884. The average Bonchev–Trinajstić information content (AvgIpc) is 2.85. The highest BCUT2D eigenvalue weighted by molar-refractivity contribution is 7.14. The Morgan fingerprint density at radius 3 is 2.74 bits per heavy atom. The van der Waals surface area contributed by atoms with Crippen molar-refractivity contribution in [2.45, 2.75) is 13.5 Å². The number of carbonyl (C=O) groups excluding carboxylic acids is 2. The molecule has 98 valence electrons. The summed E-state index contributed by atoms with van der Waals surface area (Å²) in [6, 6.07) is 3.65. The number of anilines is 1. The first-order chi connectivity index (χ1) is 9.15. The van der Waals surface area contributed by atoms with Crippen molar-refractivity contribution in [3.63, 3.8) is 0 Å². The zero-order valence-electron chi connectivity index (χ0n) is 10.2. The molecule has 0 aliphatic heterocycles. The SMILES string of the molecule is CC(=O)Nc1nc(C(=O)NCc2ccncc2)cs1. The maximum Gasteiger partial charge on any atom is 0.271 e. The summed E-state index contributed by atoms with van der Waals surface area (Å²) in [5, 5.41) is 7.30. The number of rotatable bonds is 4. The highest BCUT2D eigenvalue weighted by Crippen LogP contribution is 2.15. The van der Waals surface area contributed by atoms with Crippen molar-refractivity contribution < 1.29 is 9.59 Å². The number of amides is 2. The molecule has 0 spiro atoms. The first kappa shape index (κ1) is 13.2. The van der Waals surface area contributed by atoms with Crippen molar-refractivity contribution >= 4 is 28.3 Å². The Hall–Kier alpha value is -2.28. The molecule has 0 unspecified atom stereocenters. The molecule has 19 heavy (non-hydrogen) atoms. The van der Waals surface area contributed by atoms with E-state index in [4.69, 9.17) is 0 Å². The third kappa shape index (κ3) is 3.85. The van der Waals surface area contributed by atoms with Gasteiger partial charge in [0.1, 0.15) is 5.69 Å². The monoisotopic (exact) mass is 276 g/mol. The number of nitrogens with one attached hydrogen (secondary N) is 2. The smallest absolute Gasteiger partial charge is 0.271 e. The normalized spacial score (nSPS) is 9.95. The van der Waals surface area contributed by atoms with Gasteiger partial charge in [-0.15, -0.1) is 11.3 Å². The van der Waals surface area contributed by atoms with Crippen LogP contribution in [0.5, 0.6) is 0 Å². The standard InChI is InChI=1S/C12H12N4O2S/c1-8(17)15-12-16-10(7-19-12)11(18)14-6-9-2-4-13-5-3-9/h2-5,7H,6H2,1H3,(H,14,18)(H,15,16,17). The molecule has 0 atom stereocenters. The van der Waals surface area contributed by atoms with E-state index in [1.807, 2.05) is 12.1 Å². The van der Waals surface area contributed by atoms with Crippen LogP contribution in [-0.2, 0) is 11.3 Å². The molecule has 2 N–H and O–H groups in total. The highest BCUT2D eigenvalue weighted by Gasteiger charge is 2.10. The summed E-state index contributed by atoms with van der Waals surface area (Å²) >= 11 is 1.21. The Kier molecular flexibility index (Phi) is 4.19. The molecule has 0 fully saturated rings. The van der Waals surface area contributed by atoms with E-state index in [9.17, 15) is 9.59 Å². The lowest BCUT2D eigenvalue weighted by Crippen LogP contribution is -2.23. The summed E-state index contributed by atoms with van der Waals surface area (Å²) in [5.41, 5.74) is 1.25. The zero-order valence-corrected chi connectivity index (χ0v) is 11.0. The Morgan fingerprint density at radius 1 is 1.32 bits per heavy atom. The number of nitrogens with zero attached hydrogens (tertiary/aromatic N) is 2. The van der Waals surface area contributed by atoms with Crippen molar-refractivity contribution in [1.82, 2.24) is 15.3 Å². The number of aromatic nitrogens is 2. The van der Waals surface area contributed by atoms with Gasteiger partial charge >= 0.3 is 0 Å². The zero-order chi connectivity index (χ0) is 13.7. The van der Waals surface area contributed by atoms with Gasteiger partial charge in [-0.05, 0) is 17.7 Å². The molecule has 2 amide bonds. The summed E-state index contributed by atoms with van der Waals surface area (Å²) in [6.07, 6.45) is 3.33. The van der Waals surface area contributed by atoms with Crippen LogP contribution in [0.2, 0.25) is 0 Å². The Labute approximate surface area is 113 Å². The van der Waals surface area contributed by atoms with E-state index < -0.39 is 0 Å². The van der Waals surface area contributed by atoms with Gasteiger partial charge in [-0.25, -0.2) is 4.98 Å². The molecule has 2 aromatic heterocycles. The molecule has 0 radical (unpaired) electrons. The lowest BCUT2D eigenvalue weighted by Gasteiger charge is -2.02. The molecular formula is C12H12N4O2S. The van der Waals surface area contributed by atoms with Crippen LogP contribution in [0.15, 0.2) is 29.9 Å². The maximum absolute atomic E-state index is 11.8. The van der Waals surface area contributed by atoms with Crippen molar-refractivity contribution in [3.8, 4) is 0 Å². The lowest BCUT2D eigenvalue weighted by molar-refractivity contribution is -0.114. The number of thiazole rings is 1. The van der Waals surface area contributed by atoms with Gasteiger partial charge in [0.2, 0.25) is 5.91 Å². The Balaban J connectivity index is 1.93. The fourth-order valence-corrected chi connectivity index (χ4v) is 2.10. The van der Waals surface area contributed by atoms with E-state index in [-0.39, 0.29) is 11.8 Å².